The number of hydrogen-bond donors (Lipinski definition) is 0. The summed E-state index contributed by atoms with van der Waals surface area (Å²) in [6, 6.07) is 1.78. The van der Waals surface area contributed by atoms with E-state index in [1.54, 1.807) is 43.8 Å². The number of rotatable bonds is 5. The Bertz CT molecular complexity index is 574. The molecule has 0 bridgehead atoms. The van der Waals surface area contributed by atoms with Gasteiger partial charge in [-0.15, -0.1) is 0 Å². The van der Waals surface area contributed by atoms with Gasteiger partial charge in [0.1, 0.15) is 0 Å². The molecule has 5 heteroatoms. The molecule has 1 aliphatic carbocycles. The largest absolute Gasteiger partial charge is 0.352 e. The van der Waals surface area contributed by atoms with Crippen LogP contribution >= 0.6 is 0 Å². The van der Waals surface area contributed by atoms with Gasteiger partial charge in [0.05, 0.1) is 10.5 Å². The van der Waals surface area contributed by atoms with Crippen LogP contribution < -0.4 is 0 Å². The third-order valence-corrected chi connectivity index (χ3v) is 6.12. The van der Waals surface area contributed by atoms with Crippen molar-refractivity contribution in [2.24, 2.45) is 5.92 Å². The molecule has 1 fully saturated rings. The van der Waals surface area contributed by atoms with Crippen LogP contribution in [0, 0.1) is 5.92 Å². The number of ketones is 1. The molecule has 0 atom stereocenters. The van der Waals surface area contributed by atoms with Crippen LogP contribution in [0.3, 0.4) is 0 Å². The van der Waals surface area contributed by atoms with Crippen LogP contribution in [0.15, 0.2) is 18.5 Å². The summed E-state index contributed by atoms with van der Waals surface area (Å²) < 4.78 is 25.1. The van der Waals surface area contributed by atoms with Gasteiger partial charge in [-0.3, -0.25) is 4.79 Å². The maximum atomic E-state index is 12.0. The average molecular weight is 283 g/mol. The quantitative estimate of drug-likeness (QED) is 0.779. The number of carbonyl (C=O) groups is 1. The van der Waals surface area contributed by atoms with Crippen LogP contribution in [-0.4, -0.2) is 29.3 Å². The third-order valence-electron chi connectivity index (χ3n) is 3.53. The molecule has 0 N–H and O–H groups in total. The standard InChI is InChI=1S/C14H21NO3S/c1-14(2,3)19(17,18)9-8-15-7-6-12(10-15)13(16)11-4-5-11/h6-7,10-11H,4-5,8-9H2,1-3H3. The van der Waals surface area contributed by atoms with Gasteiger partial charge in [0.2, 0.25) is 0 Å². The van der Waals surface area contributed by atoms with Crippen molar-refractivity contribution in [1.29, 1.82) is 0 Å². The van der Waals surface area contributed by atoms with E-state index in [-0.39, 0.29) is 17.5 Å². The van der Waals surface area contributed by atoms with Crippen LogP contribution in [0.4, 0.5) is 0 Å². The van der Waals surface area contributed by atoms with Gasteiger partial charge in [-0.2, -0.15) is 0 Å². The zero-order valence-electron chi connectivity index (χ0n) is 11.7. The molecule has 0 amide bonds. The molecule has 19 heavy (non-hydrogen) atoms. The number of nitrogens with zero attached hydrogens (tertiary/aromatic N) is 1. The summed E-state index contributed by atoms with van der Waals surface area (Å²) in [6.07, 6.45) is 5.53. The van der Waals surface area contributed by atoms with E-state index in [1.807, 2.05) is 0 Å². The lowest BCUT2D eigenvalue weighted by Crippen LogP contribution is -2.31. The van der Waals surface area contributed by atoms with Gasteiger partial charge in [-0.25, -0.2) is 8.42 Å². The number of Topliss-reactive ketones (excluding diaryl/α,β-unsaturated/α-hetero) is 1. The van der Waals surface area contributed by atoms with E-state index >= 15 is 0 Å². The Morgan fingerprint density at radius 1 is 1.37 bits per heavy atom. The van der Waals surface area contributed by atoms with Gasteiger partial charge in [0.15, 0.2) is 15.6 Å². The Hall–Kier alpha value is -1.10. The zero-order valence-corrected chi connectivity index (χ0v) is 12.5. The summed E-state index contributed by atoms with van der Waals surface area (Å²) in [5, 5.41) is 0. The van der Waals surface area contributed by atoms with Gasteiger partial charge in [-0.1, -0.05) is 0 Å². The molecule has 1 aliphatic rings. The van der Waals surface area contributed by atoms with Crippen molar-refractivity contribution in [2.75, 3.05) is 5.75 Å². The first-order valence-corrected chi connectivity index (χ1v) is 8.28. The van der Waals surface area contributed by atoms with E-state index in [0.29, 0.717) is 12.1 Å². The maximum Gasteiger partial charge on any atom is 0.167 e. The number of aromatic nitrogens is 1. The smallest absolute Gasteiger partial charge is 0.167 e. The molecular formula is C14H21NO3S. The van der Waals surface area contributed by atoms with Crippen molar-refractivity contribution >= 4 is 15.6 Å². The maximum absolute atomic E-state index is 12.0. The first-order valence-electron chi connectivity index (χ1n) is 6.63. The lowest BCUT2D eigenvalue weighted by molar-refractivity contribution is 0.0967. The average Bonchev–Trinajstić information content (AvgIpc) is 3.03. The van der Waals surface area contributed by atoms with E-state index in [0.717, 1.165) is 12.8 Å². The van der Waals surface area contributed by atoms with Crippen molar-refractivity contribution in [3.8, 4) is 0 Å². The minimum Gasteiger partial charge on any atom is -0.352 e. The lowest BCUT2D eigenvalue weighted by atomic mass is 10.1. The minimum absolute atomic E-state index is 0.0994. The SMILES string of the molecule is CC(C)(C)S(=O)(=O)CCn1ccc(C(=O)C2CC2)c1. The van der Waals surface area contributed by atoms with Crippen LogP contribution in [0.1, 0.15) is 44.0 Å². The monoisotopic (exact) mass is 283 g/mol. The Kier molecular flexibility index (Phi) is 3.60. The number of aryl methyl sites for hydroxylation is 1. The molecule has 1 heterocycles. The highest BCUT2D eigenvalue weighted by Crippen LogP contribution is 2.32. The molecule has 106 valence electrons. The molecule has 4 nitrogen and oxygen atoms in total. The van der Waals surface area contributed by atoms with E-state index in [2.05, 4.69) is 0 Å². The second-order valence-electron chi connectivity index (χ2n) is 6.21. The summed E-state index contributed by atoms with van der Waals surface area (Å²) in [4.78, 5) is 11.8. The highest BCUT2D eigenvalue weighted by molar-refractivity contribution is 7.92. The second kappa shape index (κ2) is 4.78. The van der Waals surface area contributed by atoms with Gasteiger partial charge < -0.3 is 4.57 Å². The van der Waals surface area contributed by atoms with Crippen molar-refractivity contribution in [1.82, 2.24) is 4.57 Å². The Labute approximate surface area is 114 Å². The van der Waals surface area contributed by atoms with Crippen LogP contribution in [-0.2, 0) is 16.4 Å². The summed E-state index contributed by atoms with van der Waals surface area (Å²) >= 11 is 0. The molecule has 0 unspecified atom stereocenters. The van der Waals surface area contributed by atoms with E-state index in [4.69, 9.17) is 0 Å². The molecule has 1 saturated carbocycles. The lowest BCUT2D eigenvalue weighted by Gasteiger charge is -2.19. The molecule has 0 aromatic carbocycles. The molecule has 1 aromatic rings. The van der Waals surface area contributed by atoms with Gasteiger partial charge in [-0.05, 0) is 39.7 Å². The van der Waals surface area contributed by atoms with E-state index in [1.165, 1.54) is 0 Å². The Morgan fingerprint density at radius 3 is 2.53 bits per heavy atom. The summed E-state index contributed by atoms with van der Waals surface area (Å²) in [5.41, 5.74) is 0.704. The van der Waals surface area contributed by atoms with Crippen LogP contribution in [0.5, 0.6) is 0 Å². The highest BCUT2D eigenvalue weighted by atomic mass is 32.2. The summed E-state index contributed by atoms with van der Waals surface area (Å²) in [7, 11) is -3.12. The fourth-order valence-electron chi connectivity index (χ4n) is 1.84. The van der Waals surface area contributed by atoms with Gasteiger partial charge in [0.25, 0.3) is 0 Å². The topological polar surface area (TPSA) is 56.1 Å². The predicted octanol–water partition coefficient (Wildman–Crippen LogP) is 2.29. The molecule has 0 radical (unpaired) electrons. The normalized spacial score (nSPS) is 16.6. The predicted molar refractivity (Wildman–Crippen MR) is 75.0 cm³/mol. The number of hydrogen-bond acceptors (Lipinski definition) is 3. The first kappa shape index (κ1) is 14.3. The molecule has 2 rings (SSSR count). The Balaban J connectivity index is 1.99. The highest BCUT2D eigenvalue weighted by Gasteiger charge is 2.31. The van der Waals surface area contributed by atoms with Crippen molar-refractivity contribution < 1.29 is 13.2 Å². The molecule has 0 saturated heterocycles. The fourth-order valence-corrected chi connectivity index (χ4v) is 2.90. The third kappa shape index (κ3) is 3.26. The summed E-state index contributed by atoms with van der Waals surface area (Å²) in [5.74, 6) is 0.494. The van der Waals surface area contributed by atoms with E-state index in [9.17, 15) is 13.2 Å². The van der Waals surface area contributed by atoms with Gasteiger partial charge >= 0.3 is 0 Å². The molecule has 0 aliphatic heterocycles. The van der Waals surface area contributed by atoms with Gasteiger partial charge in [0, 0.05) is 30.4 Å². The molecular weight excluding hydrogens is 262 g/mol. The number of carbonyl (C=O) groups excluding carboxylic acids is 1. The van der Waals surface area contributed by atoms with Crippen LogP contribution in [0.2, 0.25) is 0 Å². The Morgan fingerprint density at radius 2 is 2.00 bits per heavy atom. The summed E-state index contributed by atoms with van der Waals surface area (Å²) in [6.45, 7) is 5.53. The van der Waals surface area contributed by atoms with E-state index < -0.39 is 14.6 Å². The first-order chi connectivity index (χ1) is 8.71. The van der Waals surface area contributed by atoms with Crippen molar-refractivity contribution in [3.63, 3.8) is 0 Å². The molecule has 0 spiro atoms. The van der Waals surface area contributed by atoms with Crippen molar-refractivity contribution in [3.05, 3.63) is 24.0 Å². The number of sulfone groups is 1. The van der Waals surface area contributed by atoms with Crippen molar-refractivity contribution in [2.45, 2.75) is 44.9 Å². The fraction of sp³-hybridized carbons (Fsp3) is 0.643. The second-order valence-corrected chi connectivity index (χ2v) is 9.07. The minimum atomic E-state index is -3.12. The molecule has 1 aromatic heterocycles. The zero-order chi connectivity index (χ0) is 14.3. The van der Waals surface area contributed by atoms with Crippen LogP contribution in [0.25, 0.3) is 0 Å².